The van der Waals surface area contributed by atoms with Crippen molar-refractivity contribution < 1.29 is 0 Å². The second kappa shape index (κ2) is 4.79. The molecule has 0 saturated heterocycles. The first-order valence-corrected chi connectivity index (χ1v) is 5.75. The van der Waals surface area contributed by atoms with Crippen LogP contribution in [0.4, 0.5) is 11.5 Å². The Morgan fingerprint density at radius 2 is 2.33 bits per heavy atom. The van der Waals surface area contributed by atoms with Crippen molar-refractivity contribution in [2.24, 2.45) is 0 Å². The van der Waals surface area contributed by atoms with E-state index < -0.39 is 0 Å². The Labute approximate surface area is 93.0 Å². The van der Waals surface area contributed by atoms with Crippen LogP contribution in [-0.2, 0) is 6.42 Å². The van der Waals surface area contributed by atoms with Gasteiger partial charge in [-0.3, -0.25) is 0 Å². The molecule has 0 aliphatic rings. The molecule has 78 valence electrons. The number of nitrogens with two attached hydrogens (primary N) is 1. The lowest BCUT2D eigenvalue weighted by Crippen LogP contribution is -2.04. The number of hydrogen-bond acceptors (Lipinski definition) is 4. The van der Waals surface area contributed by atoms with Crippen molar-refractivity contribution in [2.75, 3.05) is 17.6 Å². The number of nitrogens with zero attached hydrogens (tertiary/aromatic N) is 1. The zero-order valence-corrected chi connectivity index (χ0v) is 9.13. The molecule has 15 heavy (non-hydrogen) atoms. The van der Waals surface area contributed by atoms with Crippen LogP contribution in [-0.4, -0.2) is 11.5 Å². The number of hydrogen-bond donors (Lipinski definition) is 2. The lowest BCUT2D eigenvalue weighted by molar-refractivity contribution is 1.03. The van der Waals surface area contributed by atoms with Gasteiger partial charge >= 0.3 is 0 Å². The van der Waals surface area contributed by atoms with E-state index in [1.165, 1.54) is 5.56 Å². The largest absolute Gasteiger partial charge is 0.385 e. The number of rotatable bonds is 4. The van der Waals surface area contributed by atoms with E-state index >= 15 is 0 Å². The molecule has 0 amide bonds. The van der Waals surface area contributed by atoms with Gasteiger partial charge in [-0.15, -0.1) is 0 Å². The molecule has 2 heterocycles. The number of pyridine rings is 1. The smallest absolute Gasteiger partial charge is 0.125 e. The minimum Gasteiger partial charge on any atom is -0.385 e. The first-order valence-electron chi connectivity index (χ1n) is 4.81. The SMILES string of the molecule is Nc1cc(NCCc2ccsc2)ccn1. The van der Waals surface area contributed by atoms with Crippen LogP contribution < -0.4 is 11.1 Å². The first kappa shape index (κ1) is 9.98. The normalized spacial score (nSPS) is 10.1. The summed E-state index contributed by atoms with van der Waals surface area (Å²) in [7, 11) is 0. The second-order valence-electron chi connectivity index (χ2n) is 3.28. The van der Waals surface area contributed by atoms with E-state index in [1.807, 2.05) is 12.1 Å². The Morgan fingerprint density at radius 3 is 3.07 bits per heavy atom. The van der Waals surface area contributed by atoms with Crippen LogP contribution in [0, 0.1) is 0 Å². The van der Waals surface area contributed by atoms with Crippen LogP contribution in [0.5, 0.6) is 0 Å². The van der Waals surface area contributed by atoms with Gasteiger partial charge < -0.3 is 11.1 Å². The van der Waals surface area contributed by atoms with E-state index in [4.69, 9.17) is 5.73 Å². The minimum atomic E-state index is 0.551. The average molecular weight is 219 g/mol. The van der Waals surface area contributed by atoms with Crippen LogP contribution >= 0.6 is 11.3 Å². The number of aromatic nitrogens is 1. The average Bonchev–Trinajstić information content (AvgIpc) is 2.71. The quantitative estimate of drug-likeness (QED) is 0.830. The molecule has 2 rings (SSSR count). The maximum absolute atomic E-state index is 5.58. The molecule has 3 nitrogen and oxygen atoms in total. The van der Waals surface area contributed by atoms with Gasteiger partial charge in [-0.05, 0) is 34.9 Å². The van der Waals surface area contributed by atoms with Crippen molar-refractivity contribution >= 4 is 22.8 Å². The molecular weight excluding hydrogens is 206 g/mol. The van der Waals surface area contributed by atoms with E-state index in [1.54, 1.807) is 17.5 Å². The zero-order valence-electron chi connectivity index (χ0n) is 8.31. The standard InChI is InChI=1S/C11H13N3S/c12-11-7-10(2-5-14-11)13-4-1-9-3-6-15-8-9/h2-3,5-8H,1,4H2,(H3,12,13,14). The zero-order chi connectivity index (χ0) is 10.5. The van der Waals surface area contributed by atoms with Gasteiger partial charge in [0.05, 0.1) is 0 Å². The highest BCUT2D eigenvalue weighted by molar-refractivity contribution is 7.07. The van der Waals surface area contributed by atoms with Gasteiger partial charge in [0, 0.05) is 24.5 Å². The molecule has 4 heteroatoms. The number of nitrogens with one attached hydrogen (secondary N) is 1. The van der Waals surface area contributed by atoms with Gasteiger partial charge in [0.25, 0.3) is 0 Å². The Balaban J connectivity index is 1.83. The summed E-state index contributed by atoms with van der Waals surface area (Å²) in [6.45, 7) is 0.917. The predicted octanol–water partition coefficient (Wildman–Crippen LogP) is 2.38. The van der Waals surface area contributed by atoms with Crippen molar-refractivity contribution in [1.29, 1.82) is 0 Å². The first-order chi connectivity index (χ1) is 7.34. The highest BCUT2D eigenvalue weighted by Crippen LogP contribution is 2.10. The van der Waals surface area contributed by atoms with E-state index in [0.717, 1.165) is 18.7 Å². The molecule has 0 spiro atoms. The highest BCUT2D eigenvalue weighted by Gasteiger charge is 1.95. The molecule has 0 aromatic carbocycles. The summed E-state index contributed by atoms with van der Waals surface area (Å²) in [6.07, 6.45) is 2.74. The topological polar surface area (TPSA) is 50.9 Å². The third-order valence-electron chi connectivity index (χ3n) is 2.10. The fraction of sp³-hybridized carbons (Fsp3) is 0.182. The molecule has 0 aliphatic carbocycles. The molecule has 2 aromatic rings. The summed E-state index contributed by atoms with van der Waals surface area (Å²) in [5.41, 5.74) is 7.97. The fourth-order valence-electron chi connectivity index (χ4n) is 1.34. The van der Waals surface area contributed by atoms with Crippen LogP contribution in [0.25, 0.3) is 0 Å². The monoisotopic (exact) mass is 219 g/mol. The summed E-state index contributed by atoms with van der Waals surface area (Å²) in [5, 5.41) is 7.57. The van der Waals surface area contributed by atoms with Gasteiger partial charge in [-0.1, -0.05) is 0 Å². The minimum absolute atomic E-state index is 0.551. The lowest BCUT2D eigenvalue weighted by Gasteiger charge is -2.05. The molecule has 0 atom stereocenters. The van der Waals surface area contributed by atoms with Gasteiger partial charge in [0.2, 0.25) is 0 Å². The van der Waals surface area contributed by atoms with Gasteiger partial charge in [0.15, 0.2) is 0 Å². The maximum Gasteiger partial charge on any atom is 0.125 e. The van der Waals surface area contributed by atoms with Crippen LogP contribution in [0.2, 0.25) is 0 Å². The van der Waals surface area contributed by atoms with Crippen LogP contribution in [0.1, 0.15) is 5.56 Å². The van der Waals surface area contributed by atoms with E-state index in [0.29, 0.717) is 5.82 Å². The second-order valence-corrected chi connectivity index (χ2v) is 4.06. The third-order valence-corrected chi connectivity index (χ3v) is 2.84. The highest BCUT2D eigenvalue weighted by atomic mass is 32.1. The van der Waals surface area contributed by atoms with Crippen molar-refractivity contribution in [2.45, 2.75) is 6.42 Å². The van der Waals surface area contributed by atoms with Crippen molar-refractivity contribution in [3.63, 3.8) is 0 Å². The third kappa shape index (κ3) is 2.95. The van der Waals surface area contributed by atoms with Crippen molar-refractivity contribution in [3.8, 4) is 0 Å². The molecule has 0 saturated carbocycles. The lowest BCUT2D eigenvalue weighted by atomic mass is 10.2. The maximum atomic E-state index is 5.58. The predicted molar refractivity (Wildman–Crippen MR) is 65.2 cm³/mol. The molecular formula is C11H13N3S. The molecule has 2 aromatic heterocycles. The molecule has 0 bridgehead atoms. The Kier molecular flexibility index (Phi) is 3.19. The number of thiophene rings is 1. The summed E-state index contributed by atoms with van der Waals surface area (Å²) < 4.78 is 0. The van der Waals surface area contributed by atoms with Gasteiger partial charge in [0.1, 0.15) is 5.82 Å². The molecule has 0 aliphatic heterocycles. The van der Waals surface area contributed by atoms with E-state index in [9.17, 15) is 0 Å². The Hall–Kier alpha value is -1.55. The summed E-state index contributed by atoms with van der Waals surface area (Å²) in [5.74, 6) is 0.551. The molecule has 0 fully saturated rings. The molecule has 3 N–H and O–H groups in total. The molecule has 0 radical (unpaired) electrons. The Morgan fingerprint density at radius 1 is 1.40 bits per heavy atom. The van der Waals surface area contributed by atoms with E-state index in [-0.39, 0.29) is 0 Å². The summed E-state index contributed by atoms with van der Waals surface area (Å²) >= 11 is 1.73. The van der Waals surface area contributed by atoms with Crippen LogP contribution in [0.15, 0.2) is 35.2 Å². The van der Waals surface area contributed by atoms with Crippen molar-refractivity contribution in [1.82, 2.24) is 4.98 Å². The Bertz CT molecular complexity index is 412. The van der Waals surface area contributed by atoms with Gasteiger partial charge in [-0.2, -0.15) is 11.3 Å². The molecule has 0 unspecified atom stereocenters. The van der Waals surface area contributed by atoms with Crippen molar-refractivity contribution in [3.05, 3.63) is 40.7 Å². The van der Waals surface area contributed by atoms with Crippen LogP contribution in [0.3, 0.4) is 0 Å². The van der Waals surface area contributed by atoms with Gasteiger partial charge in [-0.25, -0.2) is 4.98 Å². The summed E-state index contributed by atoms with van der Waals surface area (Å²) in [6, 6.07) is 5.91. The summed E-state index contributed by atoms with van der Waals surface area (Å²) in [4.78, 5) is 3.94. The van der Waals surface area contributed by atoms with E-state index in [2.05, 4.69) is 27.1 Å². The fourth-order valence-corrected chi connectivity index (χ4v) is 2.05. The number of nitrogen functional groups attached to an aromatic ring is 1. The number of anilines is 2.